The Balaban J connectivity index is 1.86. The minimum Gasteiger partial charge on any atom is -0.310 e. The molecule has 94 valence electrons. The average molecular weight is 256 g/mol. The molecule has 0 aromatic heterocycles. The predicted octanol–water partition coefficient (Wildman–Crippen LogP) is 4.15. The summed E-state index contributed by atoms with van der Waals surface area (Å²) < 4.78 is 13.0. The van der Waals surface area contributed by atoms with Gasteiger partial charge in [-0.05, 0) is 43.4 Å². The first-order chi connectivity index (χ1) is 8.16. The summed E-state index contributed by atoms with van der Waals surface area (Å²) in [6.07, 6.45) is 5.38. The predicted molar refractivity (Wildman–Crippen MR) is 69.7 cm³/mol. The van der Waals surface area contributed by atoms with Crippen molar-refractivity contribution < 1.29 is 4.39 Å². The fourth-order valence-electron chi connectivity index (χ4n) is 2.55. The second-order valence-electron chi connectivity index (χ2n) is 4.96. The van der Waals surface area contributed by atoms with Crippen LogP contribution >= 0.6 is 11.6 Å². The smallest absolute Gasteiger partial charge is 0.141 e. The van der Waals surface area contributed by atoms with Crippen LogP contribution in [0.1, 0.15) is 38.2 Å². The Kier molecular flexibility index (Phi) is 4.41. The van der Waals surface area contributed by atoms with Crippen LogP contribution in [0.3, 0.4) is 0 Å². The van der Waals surface area contributed by atoms with Crippen molar-refractivity contribution in [3.05, 3.63) is 34.6 Å². The highest BCUT2D eigenvalue weighted by molar-refractivity contribution is 6.30. The molecule has 0 radical (unpaired) electrons. The fraction of sp³-hybridized carbons (Fsp3) is 0.571. The van der Waals surface area contributed by atoms with Gasteiger partial charge >= 0.3 is 0 Å². The van der Waals surface area contributed by atoms with Crippen molar-refractivity contribution in [3.8, 4) is 0 Å². The van der Waals surface area contributed by atoms with E-state index in [0.717, 1.165) is 18.0 Å². The summed E-state index contributed by atoms with van der Waals surface area (Å²) in [7, 11) is 0. The molecule has 0 amide bonds. The summed E-state index contributed by atoms with van der Waals surface area (Å²) in [6, 6.07) is 5.45. The summed E-state index contributed by atoms with van der Waals surface area (Å²) in [5.74, 6) is 0.449. The van der Waals surface area contributed by atoms with Gasteiger partial charge in [-0.1, -0.05) is 30.5 Å². The zero-order valence-electron chi connectivity index (χ0n) is 10.2. The van der Waals surface area contributed by atoms with Gasteiger partial charge in [0.2, 0.25) is 0 Å². The largest absolute Gasteiger partial charge is 0.310 e. The van der Waals surface area contributed by atoms with E-state index in [-0.39, 0.29) is 10.8 Å². The molecule has 1 aliphatic carbocycles. The van der Waals surface area contributed by atoms with Crippen LogP contribution in [0.2, 0.25) is 5.02 Å². The lowest BCUT2D eigenvalue weighted by molar-refractivity contribution is 0.380. The molecule has 1 aliphatic rings. The number of halogens is 2. The van der Waals surface area contributed by atoms with Crippen molar-refractivity contribution in [1.29, 1.82) is 0 Å². The van der Waals surface area contributed by atoms with Gasteiger partial charge in [-0.15, -0.1) is 0 Å². The minimum atomic E-state index is -0.348. The number of nitrogens with one attached hydrogen (secondary N) is 1. The maximum absolute atomic E-state index is 13.0. The molecule has 3 heteroatoms. The molecular formula is C14H19ClFN. The van der Waals surface area contributed by atoms with Crippen LogP contribution < -0.4 is 5.32 Å². The highest BCUT2D eigenvalue weighted by Crippen LogP contribution is 2.27. The normalized spacial score (nSPS) is 18.5. The molecule has 1 fully saturated rings. The van der Waals surface area contributed by atoms with Crippen LogP contribution in [0.4, 0.5) is 4.39 Å². The molecule has 1 N–H and O–H groups in total. The molecule has 17 heavy (non-hydrogen) atoms. The lowest BCUT2D eigenvalue weighted by Crippen LogP contribution is -2.31. The Labute approximate surface area is 107 Å². The Bertz CT molecular complexity index is 374. The van der Waals surface area contributed by atoms with Gasteiger partial charge in [0.25, 0.3) is 0 Å². The molecular weight excluding hydrogens is 237 g/mol. The van der Waals surface area contributed by atoms with E-state index >= 15 is 0 Å². The lowest BCUT2D eigenvalue weighted by atomic mass is 9.99. The van der Waals surface area contributed by atoms with E-state index in [9.17, 15) is 4.39 Å². The van der Waals surface area contributed by atoms with E-state index in [2.05, 4.69) is 12.2 Å². The van der Waals surface area contributed by atoms with E-state index in [1.165, 1.54) is 31.7 Å². The van der Waals surface area contributed by atoms with Crippen LogP contribution in [-0.4, -0.2) is 6.04 Å². The first kappa shape index (κ1) is 12.8. The second-order valence-corrected chi connectivity index (χ2v) is 5.37. The van der Waals surface area contributed by atoms with Crippen molar-refractivity contribution in [3.63, 3.8) is 0 Å². The van der Waals surface area contributed by atoms with Crippen LogP contribution in [-0.2, 0) is 6.54 Å². The number of hydrogen-bond acceptors (Lipinski definition) is 1. The molecule has 0 spiro atoms. The third-order valence-corrected chi connectivity index (χ3v) is 4.01. The minimum absolute atomic E-state index is 0.206. The molecule has 0 unspecified atom stereocenters. The summed E-state index contributed by atoms with van der Waals surface area (Å²) in [6.45, 7) is 3.00. The molecule has 0 bridgehead atoms. The lowest BCUT2D eigenvalue weighted by Gasteiger charge is -2.20. The van der Waals surface area contributed by atoms with E-state index in [1.54, 1.807) is 12.1 Å². The topological polar surface area (TPSA) is 12.0 Å². The fourth-order valence-corrected chi connectivity index (χ4v) is 2.76. The van der Waals surface area contributed by atoms with Crippen LogP contribution in [0, 0.1) is 11.7 Å². The van der Waals surface area contributed by atoms with E-state index < -0.39 is 0 Å². The maximum Gasteiger partial charge on any atom is 0.141 e. The van der Waals surface area contributed by atoms with Gasteiger partial charge in [-0.3, -0.25) is 0 Å². The van der Waals surface area contributed by atoms with E-state index in [1.807, 2.05) is 0 Å². The van der Waals surface area contributed by atoms with Gasteiger partial charge in [-0.25, -0.2) is 4.39 Å². The zero-order valence-corrected chi connectivity index (χ0v) is 10.9. The molecule has 0 heterocycles. The first-order valence-corrected chi connectivity index (χ1v) is 6.72. The molecule has 1 aromatic rings. The molecule has 1 atom stereocenters. The van der Waals surface area contributed by atoms with Gasteiger partial charge in [0.1, 0.15) is 5.82 Å². The molecule has 2 rings (SSSR count). The van der Waals surface area contributed by atoms with Gasteiger partial charge in [0, 0.05) is 12.6 Å². The maximum atomic E-state index is 13.0. The molecule has 0 saturated heterocycles. The highest BCUT2D eigenvalue weighted by atomic mass is 35.5. The Morgan fingerprint density at radius 1 is 1.41 bits per heavy atom. The highest BCUT2D eigenvalue weighted by Gasteiger charge is 2.20. The molecule has 1 nitrogen and oxygen atoms in total. The van der Waals surface area contributed by atoms with E-state index in [0.29, 0.717) is 6.04 Å². The third kappa shape index (κ3) is 3.43. The summed E-state index contributed by atoms with van der Waals surface area (Å²) in [4.78, 5) is 0. The van der Waals surface area contributed by atoms with Crippen molar-refractivity contribution in [1.82, 2.24) is 5.32 Å². The van der Waals surface area contributed by atoms with Crippen molar-refractivity contribution in [2.45, 2.75) is 45.2 Å². The molecule has 0 aliphatic heterocycles. The van der Waals surface area contributed by atoms with Crippen molar-refractivity contribution in [2.75, 3.05) is 0 Å². The number of rotatable bonds is 4. The Hall–Kier alpha value is -0.600. The average Bonchev–Trinajstić information content (AvgIpc) is 2.84. The number of hydrogen-bond donors (Lipinski definition) is 1. The Morgan fingerprint density at radius 3 is 2.76 bits per heavy atom. The van der Waals surface area contributed by atoms with Gasteiger partial charge in [0.05, 0.1) is 5.02 Å². The van der Waals surface area contributed by atoms with Gasteiger partial charge in [-0.2, -0.15) is 0 Å². The summed E-state index contributed by atoms with van der Waals surface area (Å²) >= 11 is 5.75. The summed E-state index contributed by atoms with van der Waals surface area (Å²) in [5, 5.41) is 3.71. The van der Waals surface area contributed by atoms with Crippen molar-refractivity contribution in [2.24, 2.45) is 5.92 Å². The van der Waals surface area contributed by atoms with Gasteiger partial charge < -0.3 is 5.32 Å². The Morgan fingerprint density at radius 2 is 2.12 bits per heavy atom. The van der Waals surface area contributed by atoms with Crippen LogP contribution in [0.25, 0.3) is 0 Å². The van der Waals surface area contributed by atoms with Crippen LogP contribution in [0.15, 0.2) is 18.2 Å². The van der Waals surface area contributed by atoms with E-state index in [4.69, 9.17) is 11.6 Å². The van der Waals surface area contributed by atoms with Gasteiger partial charge in [0.15, 0.2) is 0 Å². The first-order valence-electron chi connectivity index (χ1n) is 6.34. The van der Waals surface area contributed by atoms with Crippen molar-refractivity contribution >= 4 is 11.6 Å². The SMILES string of the molecule is C[C@H](NCc1ccc(F)c(Cl)c1)C1CCCC1. The molecule has 1 saturated carbocycles. The third-order valence-electron chi connectivity index (χ3n) is 3.72. The summed E-state index contributed by atoms with van der Waals surface area (Å²) in [5.41, 5.74) is 1.04. The zero-order chi connectivity index (χ0) is 12.3. The number of benzene rings is 1. The van der Waals surface area contributed by atoms with Crippen LogP contribution in [0.5, 0.6) is 0 Å². The molecule has 1 aromatic carbocycles. The monoisotopic (exact) mass is 255 g/mol. The second kappa shape index (κ2) is 5.83. The standard InChI is InChI=1S/C14H19ClFN/c1-10(12-4-2-3-5-12)17-9-11-6-7-14(16)13(15)8-11/h6-8,10,12,17H,2-5,9H2,1H3/t10-/m0/s1. The quantitative estimate of drug-likeness (QED) is 0.852.